The Kier molecular flexibility index (Phi) is 8.20. The van der Waals surface area contributed by atoms with Crippen LogP contribution in [0.4, 0.5) is 9.59 Å². The van der Waals surface area contributed by atoms with E-state index in [1.165, 1.54) is 16.8 Å². The number of carbonyl (C=O) groups excluding carboxylic acids is 4. The highest BCUT2D eigenvalue weighted by Gasteiger charge is 2.74. The second kappa shape index (κ2) is 11.6. The molecule has 0 saturated carbocycles. The fourth-order valence-corrected chi connectivity index (χ4v) is 7.14. The fourth-order valence-electron chi connectivity index (χ4n) is 6.97. The Labute approximate surface area is 278 Å². The minimum Gasteiger partial charge on any atom is -0.445 e. The van der Waals surface area contributed by atoms with Crippen LogP contribution in [0.15, 0.2) is 35.6 Å². The molecule has 1 aromatic rings. The largest absolute Gasteiger partial charge is 0.445 e. The Hall–Kier alpha value is -3.50. The first-order chi connectivity index (χ1) is 21.6. The van der Waals surface area contributed by atoms with Crippen LogP contribution in [-0.4, -0.2) is 121 Å². The molecule has 46 heavy (non-hydrogen) atoms. The summed E-state index contributed by atoms with van der Waals surface area (Å²) in [4.78, 5) is 60.3. The van der Waals surface area contributed by atoms with Crippen molar-refractivity contribution in [3.8, 4) is 0 Å². The van der Waals surface area contributed by atoms with Crippen molar-refractivity contribution in [3.63, 3.8) is 0 Å². The van der Waals surface area contributed by atoms with Crippen molar-refractivity contribution in [3.05, 3.63) is 47.3 Å². The van der Waals surface area contributed by atoms with Crippen molar-refractivity contribution in [1.82, 2.24) is 36.0 Å². The summed E-state index contributed by atoms with van der Waals surface area (Å²) >= 11 is 17.2. The first kappa shape index (κ1) is 32.4. The van der Waals surface area contributed by atoms with Crippen molar-refractivity contribution >= 4 is 64.7 Å². The second-order valence-corrected chi connectivity index (χ2v) is 14.5. The van der Waals surface area contributed by atoms with Gasteiger partial charge in [0.15, 0.2) is 5.66 Å². The molecule has 15 nitrogen and oxygen atoms in total. The lowest BCUT2D eigenvalue weighted by Crippen LogP contribution is -2.78. The van der Waals surface area contributed by atoms with Crippen LogP contribution in [0, 0.1) is 0 Å². The van der Waals surface area contributed by atoms with E-state index in [9.17, 15) is 29.4 Å². The molecule has 4 aliphatic heterocycles. The molecule has 0 aromatic heterocycles. The van der Waals surface area contributed by atoms with E-state index in [0.717, 1.165) is 41.7 Å². The van der Waals surface area contributed by atoms with Crippen molar-refractivity contribution in [2.24, 2.45) is 4.99 Å². The maximum Gasteiger partial charge on any atom is 0.414 e. The molecular formula is C28H33Cl3N8O7. The van der Waals surface area contributed by atoms with Crippen LogP contribution < -0.4 is 21.3 Å². The van der Waals surface area contributed by atoms with Gasteiger partial charge in [0.25, 0.3) is 5.91 Å². The molecule has 3 saturated heterocycles. The number of aliphatic hydroxyl groups is 2. The van der Waals surface area contributed by atoms with Gasteiger partial charge in [0.2, 0.25) is 21.4 Å². The SMILES string of the molecule is C=C1N[C@H]2[C@H](CN3C(=O)CN(C)C3=O)N=C(NC(=O)OCC(Cl)(Cl)Cl)N3CC(NC(=O)c4cccc5c4CCCC5)C(O)(O)[C@]23N1. The molecular weight excluding hydrogens is 667 g/mol. The topological polar surface area (TPSA) is 188 Å². The quantitative estimate of drug-likeness (QED) is 0.140. The molecule has 5 amide bonds. The average molecular weight is 700 g/mol. The van der Waals surface area contributed by atoms with Crippen molar-refractivity contribution in [2.45, 2.75) is 59.1 Å². The molecule has 1 aromatic carbocycles. The molecule has 248 valence electrons. The predicted molar refractivity (Wildman–Crippen MR) is 166 cm³/mol. The summed E-state index contributed by atoms with van der Waals surface area (Å²) in [5.41, 5.74) is 0.508. The molecule has 18 heteroatoms. The van der Waals surface area contributed by atoms with Crippen LogP contribution >= 0.6 is 34.8 Å². The zero-order valence-corrected chi connectivity index (χ0v) is 27.0. The van der Waals surface area contributed by atoms with E-state index in [0.29, 0.717) is 5.56 Å². The number of ether oxygens (including phenoxy) is 1. The van der Waals surface area contributed by atoms with Crippen molar-refractivity contribution in [2.75, 3.05) is 33.3 Å². The lowest BCUT2D eigenvalue weighted by atomic mass is 9.84. The first-order valence-electron chi connectivity index (χ1n) is 14.6. The number of likely N-dealkylation sites (N-methyl/N-ethyl adjacent to an activating group) is 1. The molecule has 0 radical (unpaired) electrons. The highest BCUT2D eigenvalue weighted by atomic mass is 35.6. The van der Waals surface area contributed by atoms with E-state index in [2.05, 4.69) is 32.8 Å². The third-order valence-corrected chi connectivity index (χ3v) is 9.34. The Morgan fingerprint density at radius 2 is 1.96 bits per heavy atom. The molecule has 1 unspecified atom stereocenters. The van der Waals surface area contributed by atoms with Gasteiger partial charge in [-0.25, -0.2) is 14.6 Å². The van der Waals surface area contributed by atoms with Gasteiger partial charge < -0.3 is 40.7 Å². The summed E-state index contributed by atoms with van der Waals surface area (Å²) in [5.74, 6) is -3.78. The van der Waals surface area contributed by atoms with E-state index in [1.54, 1.807) is 12.1 Å². The number of alkyl carbamates (subject to hydrolysis) is 1. The smallest absolute Gasteiger partial charge is 0.414 e. The third kappa shape index (κ3) is 5.47. The molecule has 1 aliphatic carbocycles. The summed E-state index contributed by atoms with van der Waals surface area (Å²) in [7, 11) is 1.47. The predicted octanol–water partition coefficient (Wildman–Crippen LogP) is 0.118. The van der Waals surface area contributed by atoms with Gasteiger partial charge in [-0.1, -0.05) is 53.5 Å². The number of nitrogens with one attached hydrogen (secondary N) is 4. The number of hydrogen-bond donors (Lipinski definition) is 6. The molecule has 5 aliphatic rings. The number of alkyl halides is 3. The Bertz CT molecular complexity index is 1530. The molecule has 0 bridgehead atoms. The van der Waals surface area contributed by atoms with Gasteiger partial charge in [-0.3, -0.25) is 19.8 Å². The van der Waals surface area contributed by atoms with E-state index in [-0.39, 0.29) is 31.4 Å². The lowest BCUT2D eigenvalue weighted by Gasteiger charge is -2.49. The number of guanidine groups is 1. The van der Waals surface area contributed by atoms with Gasteiger partial charge in [-0.2, -0.15) is 0 Å². The van der Waals surface area contributed by atoms with Crippen LogP contribution in [0.25, 0.3) is 0 Å². The lowest BCUT2D eigenvalue weighted by molar-refractivity contribution is -0.231. The molecule has 6 N–H and O–H groups in total. The van der Waals surface area contributed by atoms with E-state index >= 15 is 0 Å². The zero-order valence-electron chi connectivity index (χ0n) is 24.7. The number of urea groups is 1. The number of fused-ring (bicyclic) bond motifs is 1. The van der Waals surface area contributed by atoms with Crippen LogP contribution in [-0.2, 0) is 22.4 Å². The third-order valence-electron chi connectivity index (χ3n) is 9.01. The fraction of sp³-hybridized carbons (Fsp3) is 0.536. The monoisotopic (exact) mass is 698 g/mol. The maximum atomic E-state index is 13.7. The highest BCUT2D eigenvalue weighted by molar-refractivity contribution is 6.67. The number of halogens is 3. The standard InChI is InChI=1S/C28H33Cl3N8O7/c1-14-32-21-18(10-38-20(40)12-37(2)25(38)43)33-23(35-24(42)46-13-26(29,30)31)39-11-19(28(44,45)27(21,39)36-14)34-22(41)17-9-5-7-15-6-3-4-8-16(15)17/h5,7,9,18-19,21,32,36,44-45H,1,3-4,6,8,10-13H2,2H3,(H,34,41)(H,33,35,42)/t18-,19?,21-,27-/m0/s1. The van der Waals surface area contributed by atoms with Crippen molar-refractivity contribution in [1.29, 1.82) is 0 Å². The Morgan fingerprint density at radius 3 is 2.65 bits per heavy atom. The van der Waals surface area contributed by atoms with E-state index in [4.69, 9.17) is 39.5 Å². The van der Waals surface area contributed by atoms with E-state index in [1.807, 2.05) is 6.07 Å². The first-order valence-corrected chi connectivity index (χ1v) is 15.8. The van der Waals surface area contributed by atoms with Gasteiger partial charge >= 0.3 is 12.1 Å². The van der Waals surface area contributed by atoms with Gasteiger partial charge in [-0.05, 0) is 42.9 Å². The van der Waals surface area contributed by atoms with Gasteiger partial charge in [0.05, 0.1) is 24.4 Å². The van der Waals surface area contributed by atoms with Crippen molar-refractivity contribution < 1.29 is 34.1 Å². The highest BCUT2D eigenvalue weighted by Crippen LogP contribution is 2.45. The summed E-state index contributed by atoms with van der Waals surface area (Å²) in [5, 5.41) is 35.3. The summed E-state index contributed by atoms with van der Waals surface area (Å²) in [6.07, 6.45) is 2.43. The number of benzene rings is 1. The summed E-state index contributed by atoms with van der Waals surface area (Å²) in [6, 6.07) is 1.48. The second-order valence-electron chi connectivity index (χ2n) is 12.0. The number of aryl methyl sites for hydroxylation is 1. The molecule has 4 atom stereocenters. The number of carbonyl (C=O) groups is 4. The van der Waals surface area contributed by atoms with Crippen LogP contribution in [0.3, 0.4) is 0 Å². The van der Waals surface area contributed by atoms with Crippen LogP contribution in [0.2, 0.25) is 0 Å². The summed E-state index contributed by atoms with van der Waals surface area (Å²) in [6.45, 7) is 2.60. The molecule has 6 rings (SSSR count). The number of amides is 5. The Morgan fingerprint density at radius 1 is 1.22 bits per heavy atom. The number of hydrogen-bond acceptors (Lipinski definition) is 11. The zero-order chi connectivity index (χ0) is 33.2. The maximum absolute atomic E-state index is 13.7. The minimum atomic E-state index is -2.74. The van der Waals surface area contributed by atoms with Gasteiger partial charge in [0, 0.05) is 19.2 Å². The average Bonchev–Trinajstić information content (AvgIpc) is 3.55. The molecule has 4 heterocycles. The molecule has 3 fully saturated rings. The summed E-state index contributed by atoms with van der Waals surface area (Å²) < 4.78 is 3.12. The van der Waals surface area contributed by atoms with Gasteiger partial charge in [-0.15, -0.1) is 0 Å². The number of imide groups is 1. The Balaban J connectivity index is 1.35. The number of nitrogens with zero attached hydrogens (tertiary/aromatic N) is 4. The number of rotatable bonds is 5. The van der Waals surface area contributed by atoms with E-state index < -0.39 is 63.9 Å². The van der Waals surface area contributed by atoms with Gasteiger partial charge in [0.1, 0.15) is 19.2 Å². The minimum absolute atomic E-state index is 0.148. The van der Waals surface area contributed by atoms with Crippen LogP contribution in [0.5, 0.6) is 0 Å². The number of aliphatic imine (C=N–C) groups is 1. The molecule has 1 spiro atoms. The van der Waals surface area contributed by atoms with Crippen LogP contribution in [0.1, 0.15) is 34.3 Å². The normalized spacial score (nSPS) is 28.1.